The molecule has 0 bridgehead atoms. The smallest absolute Gasteiger partial charge is 0.265 e. The maximum Gasteiger partial charge on any atom is 0.265 e. The van der Waals surface area contributed by atoms with Crippen LogP contribution < -0.4 is 19.1 Å². The van der Waals surface area contributed by atoms with E-state index in [-0.39, 0.29) is 36.9 Å². The highest BCUT2D eigenvalue weighted by Gasteiger charge is 2.38. The molecule has 1 aliphatic rings. The topological polar surface area (TPSA) is 68.3 Å². The van der Waals surface area contributed by atoms with Crippen molar-refractivity contribution in [1.82, 2.24) is 4.90 Å². The predicted octanol–water partition coefficient (Wildman–Crippen LogP) is 7.32. The van der Waals surface area contributed by atoms with Crippen molar-refractivity contribution in [3.8, 4) is 17.2 Å². The number of methoxy groups -OCH3 is 2. The summed E-state index contributed by atoms with van der Waals surface area (Å²) in [4.78, 5) is 31.3. The van der Waals surface area contributed by atoms with Crippen LogP contribution in [0.3, 0.4) is 0 Å². The van der Waals surface area contributed by atoms with Crippen molar-refractivity contribution < 1.29 is 23.8 Å². The molecule has 1 heterocycles. The number of carbonyl (C=O) groups excluding carboxylic acids is 2. The van der Waals surface area contributed by atoms with E-state index >= 15 is 0 Å². The first-order valence-corrected chi connectivity index (χ1v) is 14.4. The third-order valence-corrected chi connectivity index (χ3v) is 7.61. The average Bonchev–Trinajstić information content (AvgIpc) is 3.00. The molecule has 4 rings (SSSR count). The summed E-state index contributed by atoms with van der Waals surface area (Å²) < 4.78 is 16.6. The zero-order valence-corrected chi connectivity index (χ0v) is 25.7. The molecule has 0 fully saturated rings. The molecule has 0 aliphatic carbocycles. The molecule has 0 saturated carbocycles. The van der Waals surface area contributed by atoms with Crippen LogP contribution in [0.5, 0.6) is 17.2 Å². The van der Waals surface area contributed by atoms with Gasteiger partial charge in [0.15, 0.2) is 18.1 Å². The number of amides is 2. The van der Waals surface area contributed by atoms with Crippen molar-refractivity contribution in [3.63, 3.8) is 0 Å². The number of anilines is 1. The van der Waals surface area contributed by atoms with Gasteiger partial charge < -0.3 is 24.0 Å². The second kappa shape index (κ2) is 14.6. The van der Waals surface area contributed by atoms with Crippen LogP contribution in [0, 0.1) is 0 Å². The Hall–Kier alpha value is -4.49. The third-order valence-electron chi connectivity index (χ3n) is 7.35. The number of para-hydroxylation sites is 1. The van der Waals surface area contributed by atoms with Gasteiger partial charge >= 0.3 is 0 Å². The van der Waals surface area contributed by atoms with Crippen LogP contribution in [-0.2, 0) is 16.0 Å². The number of hydrogen-bond donors (Lipinski definition) is 0. The number of ether oxygens (including phenoxy) is 3. The Kier molecular flexibility index (Phi) is 10.7. The number of carbonyl (C=O) groups is 2. The van der Waals surface area contributed by atoms with Crippen LogP contribution >= 0.6 is 11.6 Å². The molecule has 0 spiro atoms. The van der Waals surface area contributed by atoms with Crippen molar-refractivity contribution in [2.75, 3.05) is 25.7 Å². The maximum absolute atomic E-state index is 13.8. The van der Waals surface area contributed by atoms with Gasteiger partial charge in [-0.25, -0.2) is 0 Å². The Morgan fingerprint density at radius 2 is 1.74 bits per heavy atom. The number of nitrogens with zero attached hydrogens (tertiary/aromatic N) is 2. The molecule has 2 atom stereocenters. The Morgan fingerprint density at radius 3 is 2.44 bits per heavy atom. The Balaban J connectivity index is 1.65. The van der Waals surface area contributed by atoms with Gasteiger partial charge in [-0.15, -0.1) is 0 Å². The lowest BCUT2D eigenvalue weighted by molar-refractivity contribution is -0.133. The van der Waals surface area contributed by atoms with Crippen LogP contribution in [0.15, 0.2) is 103 Å². The maximum atomic E-state index is 13.8. The van der Waals surface area contributed by atoms with Crippen LogP contribution in [-0.4, -0.2) is 43.6 Å². The predicted molar refractivity (Wildman–Crippen MR) is 171 cm³/mol. The molecule has 3 aromatic carbocycles. The van der Waals surface area contributed by atoms with Crippen molar-refractivity contribution >= 4 is 29.1 Å². The highest BCUT2D eigenvalue weighted by atomic mass is 35.5. The van der Waals surface area contributed by atoms with Gasteiger partial charge in [-0.05, 0) is 79.9 Å². The summed E-state index contributed by atoms with van der Waals surface area (Å²) in [5.74, 6) is 1.48. The molecule has 0 saturated heterocycles. The molecule has 2 amide bonds. The monoisotopic (exact) mass is 600 g/mol. The molecule has 1 aliphatic heterocycles. The first kappa shape index (κ1) is 31.4. The van der Waals surface area contributed by atoms with E-state index in [9.17, 15) is 9.59 Å². The van der Waals surface area contributed by atoms with Gasteiger partial charge in [0.1, 0.15) is 5.75 Å². The van der Waals surface area contributed by atoms with E-state index in [1.807, 2.05) is 73.4 Å². The quantitative estimate of drug-likeness (QED) is 0.216. The molecule has 8 heteroatoms. The van der Waals surface area contributed by atoms with Gasteiger partial charge in [-0.3, -0.25) is 9.59 Å². The number of allylic oxidation sites excluding steroid dienone is 5. The lowest BCUT2D eigenvalue weighted by Crippen LogP contribution is -2.48. The number of benzene rings is 3. The second-order valence-electron chi connectivity index (χ2n) is 10.2. The van der Waals surface area contributed by atoms with Crippen molar-refractivity contribution in [1.29, 1.82) is 0 Å². The van der Waals surface area contributed by atoms with E-state index in [2.05, 4.69) is 6.58 Å². The van der Waals surface area contributed by atoms with Crippen LogP contribution in [0.1, 0.15) is 37.4 Å². The molecule has 0 aromatic heterocycles. The lowest BCUT2D eigenvalue weighted by atomic mass is 9.89. The third kappa shape index (κ3) is 7.48. The summed E-state index contributed by atoms with van der Waals surface area (Å²) >= 11 is 6.00. The minimum Gasteiger partial charge on any atom is -0.493 e. The van der Waals surface area contributed by atoms with E-state index in [1.54, 1.807) is 55.5 Å². The number of halogens is 1. The fourth-order valence-electron chi connectivity index (χ4n) is 5.37. The Labute approximate surface area is 258 Å². The van der Waals surface area contributed by atoms with Crippen molar-refractivity contribution in [3.05, 3.63) is 119 Å². The van der Waals surface area contributed by atoms with E-state index in [0.29, 0.717) is 28.7 Å². The van der Waals surface area contributed by atoms with Gasteiger partial charge in [-0.2, -0.15) is 0 Å². The molecular formula is C35H37ClN2O5. The van der Waals surface area contributed by atoms with Gasteiger partial charge in [-0.1, -0.05) is 60.7 Å². The van der Waals surface area contributed by atoms with Crippen LogP contribution in [0.2, 0.25) is 5.02 Å². The Bertz CT molecular complexity index is 1510. The highest BCUT2D eigenvalue weighted by molar-refractivity contribution is 6.30. The molecule has 43 heavy (non-hydrogen) atoms. The highest BCUT2D eigenvalue weighted by Crippen LogP contribution is 2.42. The molecule has 0 radical (unpaired) electrons. The van der Waals surface area contributed by atoms with E-state index < -0.39 is 0 Å². The lowest BCUT2D eigenvalue weighted by Gasteiger charge is -2.43. The molecular weight excluding hydrogens is 564 g/mol. The van der Waals surface area contributed by atoms with Crippen molar-refractivity contribution in [2.24, 2.45) is 0 Å². The minimum atomic E-state index is -0.314. The SMILES string of the molecule is C=C/C=C\C=C(/C)N(C(=O)COc1ccc(Cl)cc1)C1CC(C)N(C(=O)Cc2ccc(OC)c(OC)c2)c2ccccc21. The molecule has 3 aromatic rings. The number of rotatable bonds is 11. The van der Waals surface area contributed by atoms with E-state index in [4.69, 9.17) is 25.8 Å². The van der Waals surface area contributed by atoms with Gasteiger partial charge in [0.25, 0.3) is 5.91 Å². The fraction of sp³-hybridized carbons (Fsp3) is 0.257. The molecule has 2 unspecified atom stereocenters. The second-order valence-corrected chi connectivity index (χ2v) is 10.7. The van der Waals surface area contributed by atoms with Crippen LogP contribution in [0.4, 0.5) is 5.69 Å². The molecule has 0 N–H and O–H groups in total. The van der Waals surface area contributed by atoms with Gasteiger partial charge in [0, 0.05) is 22.4 Å². The normalized spacial score (nSPS) is 16.4. The number of hydrogen-bond acceptors (Lipinski definition) is 5. The zero-order chi connectivity index (χ0) is 30.9. The standard InChI is InChI=1S/C35H37ClN2O5/c1-6-7-8-11-24(2)37(35(40)23-43-28-17-15-27(36)16-18-28)31-20-25(3)38(30-13-10-9-12-29(30)31)34(39)22-26-14-19-32(41-4)33(21-26)42-5/h6-19,21,25,31H,1,20,22-23H2,2-5H3/b8-7-,24-11+. The van der Waals surface area contributed by atoms with Gasteiger partial charge in [0.05, 0.1) is 26.7 Å². The van der Waals surface area contributed by atoms with E-state index in [1.165, 1.54) is 0 Å². The van der Waals surface area contributed by atoms with Gasteiger partial charge in [0.2, 0.25) is 5.91 Å². The summed E-state index contributed by atoms with van der Waals surface area (Å²) in [5, 5.41) is 0.589. The van der Waals surface area contributed by atoms with Crippen molar-refractivity contribution in [2.45, 2.75) is 38.8 Å². The minimum absolute atomic E-state index is 0.0456. The summed E-state index contributed by atoms with van der Waals surface area (Å²) in [5.41, 5.74) is 3.24. The summed E-state index contributed by atoms with van der Waals surface area (Å²) in [6.07, 6.45) is 7.94. The molecule has 7 nitrogen and oxygen atoms in total. The first-order chi connectivity index (χ1) is 20.8. The zero-order valence-electron chi connectivity index (χ0n) is 25.0. The summed E-state index contributed by atoms with van der Waals surface area (Å²) in [6.45, 7) is 7.48. The largest absolute Gasteiger partial charge is 0.493 e. The fourth-order valence-corrected chi connectivity index (χ4v) is 5.50. The van der Waals surface area contributed by atoms with E-state index in [0.717, 1.165) is 22.5 Å². The average molecular weight is 601 g/mol. The van der Waals surface area contributed by atoms with Crippen LogP contribution in [0.25, 0.3) is 0 Å². The summed E-state index contributed by atoms with van der Waals surface area (Å²) in [6, 6.07) is 19.7. The summed E-state index contributed by atoms with van der Waals surface area (Å²) in [7, 11) is 3.15. The number of fused-ring (bicyclic) bond motifs is 1. The Morgan fingerprint density at radius 1 is 1.02 bits per heavy atom. The first-order valence-electron chi connectivity index (χ1n) is 14.1. The molecule has 224 valence electrons.